The quantitative estimate of drug-likeness (QED) is 0.216. The van der Waals surface area contributed by atoms with Crippen molar-refractivity contribution in [1.29, 1.82) is 0 Å². The monoisotopic (exact) mass is 479 g/mol. The van der Waals surface area contributed by atoms with Gasteiger partial charge in [0.25, 0.3) is 11.8 Å². The van der Waals surface area contributed by atoms with Crippen LogP contribution >= 0.6 is 0 Å². The molecule has 4 aromatic carbocycles. The molecule has 7 nitrogen and oxygen atoms in total. The number of rotatable bonds is 8. The van der Waals surface area contributed by atoms with E-state index in [-0.39, 0.29) is 5.70 Å². The van der Waals surface area contributed by atoms with Crippen LogP contribution in [0, 0.1) is 0 Å². The number of nitrogens with zero attached hydrogens (tertiary/aromatic N) is 1. The van der Waals surface area contributed by atoms with Crippen LogP contribution in [-0.2, 0) is 4.79 Å². The van der Waals surface area contributed by atoms with Gasteiger partial charge in [0.15, 0.2) is 0 Å². The lowest BCUT2D eigenvalue weighted by molar-refractivity contribution is -0.117. The average molecular weight is 480 g/mol. The molecule has 0 unspecified atom stereocenters. The lowest BCUT2D eigenvalue weighted by Gasteiger charge is -2.11. The van der Waals surface area contributed by atoms with Crippen LogP contribution in [0.25, 0.3) is 16.8 Å². The smallest absolute Gasteiger partial charge is 0.287 e. The van der Waals surface area contributed by atoms with E-state index in [4.69, 9.17) is 9.47 Å². The Balaban J connectivity index is 1.62. The number of hydrogen-bond donors (Lipinski definition) is 2. The third-order valence-electron chi connectivity index (χ3n) is 5.46. The van der Waals surface area contributed by atoms with Crippen molar-refractivity contribution in [1.82, 2.24) is 10.7 Å². The van der Waals surface area contributed by atoms with Crippen LogP contribution in [0.5, 0.6) is 11.5 Å². The van der Waals surface area contributed by atoms with Gasteiger partial charge < -0.3 is 14.8 Å². The van der Waals surface area contributed by atoms with Gasteiger partial charge in [0.2, 0.25) is 0 Å². The van der Waals surface area contributed by atoms with Crippen LogP contribution in [0.4, 0.5) is 0 Å². The molecule has 4 rings (SSSR count). The van der Waals surface area contributed by atoms with Gasteiger partial charge in [-0.1, -0.05) is 60.7 Å². The van der Waals surface area contributed by atoms with E-state index in [0.29, 0.717) is 22.6 Å². The van der Waals surface area contributed by atoms with Crippen LogP contribution in [0.15, 0.2) is 102 Å². The average Bonchev–Trinajstić information content (AvgIpc) is 2.93. The summed E-state index contributed by atoms with van der Waals surface area (Å²) in [6.45, 7) is 0. The van der Waals surface area contributed by atoms with Crippen molar-refractivity contribution in [3.8, 4) is 11.5 Å². The maximum absolute atomic E-state index is 13.1. The maximum Gasteiger partial charge on any atom is 0.287 e. The zero-order chi connectivity index (χ0) is 25.3. The van der Waals surface area contributed by atoms with Gasteiger partial charge in [-0.3, -0.25) is 9.59 Å². The fraction of sp³-hybridized carbons (Fsp3) is 0.0690. The molecule has 0 heterocycles. The molecule has 0 spiro atoms. The molecule has 0 aromatic heterocycles. The van der Waals surface area contributed by atoms with Crippen LogP contribution in [0.3, 0.4) is 0 Å². The molecule has 4 aromatic rings. The van der Waals surface area contributed by atoms with Crippen molar-refractivity contribution in [2.75, 3.05) is 14.2 Å². The summed E-state index contributed by atoms with van der Waals surface area (Å²) in [6.07, 6.45) is 3.10. The molecule has 0 saturated carbocycles. The van der Waals surface area contributed by atoms with Crippen LogP contribution in [0.1, 0.15) is 21.5 Å². The first-order chi connectivity index (χ1) is 17.6. The zero-order valence-corrected chi connectivity index (χ0v) is 19.9. The van der Waals surface area contributed by atoms with Gasteiger partial charge in [-0.25, -0.2) is 5.43 Å². The molecule has 0 saturated heterocycles. The fourth-order valence-electron chi connectivity index (χ4n) is 3.62. The largest absolute Gasteiger partial charge is 0.497 e. The summed E-state index contributed by atoms with van der Waals surface area (Å²) in [6, 6.07) is 27.5. The molecule has 0 aliphatic rings. The maximum atomic E-state index is 13.1. The van der Waals surface area contributed by atoms with Crippen LogP contribution in [0.2, 0.25) is 0 Å². The molecule has 0 radical (unpaired) electrons. The predicted molar refractivity (Wildman–Crippen MR) is 141 cm³/mol. The van der Waals surface area contributed by atoms with Crippen LogP contribution < -0.4 is 20.2 Å². The van der Waals surface area contributed by atoms with E-state index < -0.39 is 11.8 Å². The SMILES string of the molecule is COc1ccc(/C=C(/NC(=O)c2ccccc2)C(=O)N/N=C\c2cccc3ccccc23)c(OC)c1. The predicted octanol–water partition coefficient (Wildman–Crippen LogP) is 4.78. The van der Waals surface area contributed by atoms with Crippen molar-refractivity contribution in [2.24, 2.45) is 5.10 Å². The number of benzene rings is 4. The minimum absolute atomic E-state index is 0.00221. The second-order valence-electron chi connectivity index (χ2n) is 7.75. The molecule has 0 aliphatic heterocycles. The molecule has 36 heavy (non-hydrogen) atoms. The summed E-state index contributed by atoms with van der Waals surface area (Å²) in [5, 5.41) is 8.90. The first-order valence-electron chi connectivity index (χ1n) is 11.2. The van der Waals surface area contributed by atoms with Gasteiger partial charge in [-0.2, -0.15) is 5.10 Å². The van der Waals surface area contributed by atoms with Crippen molar-refractivity contribution in [2.45, 2.75) is 0 Å². The number of hydrogen-bond acceptors (Lipinski definition) is 5. The second-order valence-corrected chi connectivity index (χ2v) is 7.75. The number of hydrazone groups is 1. The molecule has 7 heteroatoms. The Morgan fingerprint density at radius 3 is 2.33 bits per heavy atom. The van der Waals surface area contributed by atoms with Gasteiger partial charge in [-0.05, 0) is 41.1 Å². The molecule has 0 fully saturated rings. The van der Waals surface area contributed by atoms with Gasteiger partial charge in [0, 0.05) is 22.8 Å². The number of nitrogens with one attached hydrogen (secondary N) is 2. The molecule has 2 N–H and O–H groups in total. The first kappa shape index (κ1) is 24.2. The zero-order valence-electron chi connectivity index (χ0n) is 19.9. The van der Waals surface area contributed by atoms with E-state index in [2.05, 4.69) is 15.8 Å². The van der Waals surface area contributed by atoms with Gasteiger partial charge in [0.05, 0.1) is 20.4 Å². The van der Waals surface area contributed by atoms with E-state index in [1.807, 2.05) is 48.5 Å². The number of amides is 2. The number of fused-ring (bicyclic) bond motifs is 1. The summed E-state index contributed by atoms with van der Waals surface area (Å²) in [5.74, 6) is 0.0621. The Hall–Kier alpha value is -4.91. The number of carbonyl (C=O) groups is 2. The standard InChI is InChI=1S/C29H25N3O4/c1-35-24-16-15-22(27(18-24)36-2)17-26(31-28(33)21-10-4-3-5-11-21)29(34)32-30-19-23-13-8-12-20-9-6-7-14-25(20)23/h3-19H,1-2H3,(H,31,33)(H,32,34)/b26-17+,30-19-. The Kier molecular flexibility index (Phi) is 7.73. The third-order valence-corrected chi connectivity index (χ3v) is 5.46. The summed E-state index contributed by atoms with van der Waals surface area (Å²) in [5.41, 5.74) is 4.36. The number of carbonyl (C=O) groups excluding carboxylic acids is 2. The van der Waals surface area contributed by atoms with Gasteiger partial charge in [0.1, 0.15) is 17.2 Å². The fourth-order valence-corrected chi connectivity index (χ4v) is 3.62. The van der Waals surface area contributed by atoms with Crippen molar-refractivity contribution >= 4 is 34.9 Å². The topological polar surface area (TPSA) is 89.0 Å². The third kappa shape index (κ3) is 5.77. The van der Waals surface area contributed by atoms with E-state index in [0.717, 1.165) is 16.3 Å². The van der Waals surface area contributed by atoms with Crippen molar-refractivity contribution in [3.05, 3.63) is 113 Å². The van der Waals surface area contributed by atoms with Crippen molar-refractivity contribution in [3.63, 3.8) is 0 Å². The lowest BCUT2D eigenvalue weighted by Crippen LogP contribution is -2.32. The molecule has 0 bridgehead atoms. The second kappa shape index (κ2) is 11.5. The highest BCUT2D eigenvalue weighted by atomic mass is 16.5. The summed E-state index contributed by atoms with van der Waals surface area (Å²) in [7, 11) is 3.07. The van der Waals surface area contributed by atoms with Gasteiger partial charge >= 0.3 is 0 Å². The Morgan fingerprint density at radius 1 is 0.806 bits per heavy atom. The van der Waals surface area contributed by atoms with E-state index in [9.17, 15) is 9.59 Å². The number of methoxy groups -OCH3 is 2. The highest BCUT2D eigenvalue weighted by molar-refractivity contribution is 6.06. The molecule has 180 valence electrons. The minimum atomic E-state index is -0.589. The highest BCUT2D eigenvalue weighted by Gasteiger charge is 2.16. The lowest BCUT2D eigenvalue weighted by atomic mass is 10.1. The first-order valence-corrected chi connectivity index (χ1v) is 11.2. The van der Waals surface area contributed by atoms with Gasteiger partial charge in [-0.15, -0.1) is 0 Å². The molecular formula is C29H25N3O4. The highest BCUT2D eigenvalue weighted by Crippen LogP contribution is 2.26. The van der Waals surface area contributed by atoms with Crippen LogP contribution in [-0.4, -0.2) is 32.2 Å². The Morgan fingerprint density at radius 2 is 1.56 bits per heavy atom. The minimum Gasteiger partial charge on any atom is -0.497 e. The molecular weight excluding hydrogens is 454 g/mol. The summed E-state index contributed by atoms with van der Waals surface area (Å²) in [4.78, 5) is 25.9. The van der Waals surface area contributed by atoms with E-state index in [1.165, 1.54) is 13.2 Å². The number of ether oxygens (including phenoxy) is 2. The molecule has 0 aliphatic carbocycles. The molecule has 2 amide bonds. The summed E-state index contributed by atoms with van der Waals surface area (Å²) >= 11 is 0. The van der Waals surface area contributed by atoms with Crippen molar-refractivity contribution < 1.29 is 19.1 Å². The Labute approximate surface area is 209 Å². The van der Waals surface area contributed by atoms with E-state index >= 15 is 0 Å². The normalized spacial score (nSPS) is 11.3. The van der Waals surface area contributed by atoms with E-state index in [1.54, 1.807) is 55.8 Å². The summed E-state index contributed by atoms with van der Waals surface area (Å²) < 4.78 is 10.7. The molecule has 0 atom stereocenters. The Bertz CT molecular complexity index is 1440.